The SMILES string of the molecule is CC(=O)N1CCC2(CC1)CC(=O)c1ccc(OCC(=O)NCc3ccccc3)cc1O2. The van der Waals surface area contributed by atoms with Gasteiger partial charge in [0.2, 0.25) is 5.91 Å². The van der Waals surface area contributed by atoms with Crippen LogP contribution in [0.25, 0.3) is 0 Å². The number of nitrogens with one attached hydrogen (secondary N) is 1. The number of amides is 2. The van der Waals surface area contributed by atoms with Gasteiger partial charge in [-0.15, -0.1) is 0 Å². The predicted molar refractivity (Wildman–Crippen MR) is 114 cm³/mol. The second-order valence-corrected chi connectivity index (χ2v) is 8.10. The van der Waals surface area contributed by atoms with E-state index in [0.29, 0.717) is 56.0 Å². The van der Waals surface area contributed by atoms with Gasteiger partial charge in [-0.25, -0.2) is 0 Å². The number of fused-ring (bicyclic) bond motifs is 1. The molecule has 2 heterocycles. The molecule has 7 heteroatoms. The molecule has 1 N–H and O–H groups in total. The zero-order valence-corrected chi connectivity index (χ0v) is 17.6. The number of piperidine rings is 1. The van der Waals surface area contributed by atoms with E-state index in [1.54, 1.807) is 30.0 Å². The minimum Gasteiger partial charge on any atom is -0.486 e. The molecular weight excluding hydrogens is 396 g/mol. The van der Waals surface area contributed by atoms with Crippen LogP contribution in [0.1, 0.15) is 42.1 Å². The molecule has 2 aliphatic heterocycles. The summed E-state index contributed by atoms with van der Waals surface area (Å²) in [4.78, 5) is 38.2. The van der Waals surface area contributed by atoms with E-state index in [2.05, 4.69) is 5.32 Å². The highest BCUT2D eigenvalue weighted by atomic mass is 16.5. The standard InChI is InChI=1S/C24H26N2O5/c1-17(27)26-11-9-24(10-12-26)14-21(28)20-8-7-19(13-22(20)31-24)30-16-23(29)25-15-18-5-3-2-4-6-18/h2-8,13H,9-12,14-16H2,1H3,(H,25,29). The Labute approximate surface area is 181 Å². The van der Waals surface area contributed by atoms with Crippen LogP contribution < -0.4 is 14.8 Å². The third kappa shape index (κ3) is 4.87. The minimum absolute atomic E-state index is 0.0321. The Morgan fingerprint density at radius 2 is 1.87 bits per heavy atom. The van der Waals surface area contributed by atoms with E-state index in [4.69, 9.17) is 9.47 Å². The molecule has 4 rings (SSSR count). The van der Waals surface area contributed by atoms with Gasteiger partial charge >= 0.3 is 0 Å². The summed E-state index contributed by atoms with van der Waals surface area (Å²) in [7, 11) is 0. The van der Waals surface area contributed by atoms with Crippen molar-refractivity contribution < 1.29 is 23.9 Å². The Kier molecular flexibility index (Phi) is 5.93. The van der Waals surface area contributed by atoms with Crippen molar-refractivity contribution >= 4 is 17.6 Å². The second-order valence-electron chi connectivity index (χ2n) is 8.10. The average Bonchev–Trinajstić information content (AvgIpc) is 2.77. The number of ketones is 1. The van der Waals surface area contributed by atoms with Crippen LogP contribution in [0.3, 0.4) is 0 Å². The number of ether oxygens (including phenoxy) is 2. The van der Waals surface area contributed by atoms with Gasteiger partial charge in [-0.05, 0) is 17.7 Å². The van der Waals surface area contributed by atoms with E-state index in [0.717, 1.165) is 5.56 Å². The lowest BCUT2D eigenvalue weighted by atomic mass is 9.82. The molecule has 1 spiro atoms. The number of hydrogen-bond donors (Lipinski definition) is 1. The zero-order chi connectivity index (χ0) is 21.8. The van der Waals surface area contributed by atoms with Crippen molar-refractivity contribution in [3.63, 3.8) is 0 Å². The number of carbonyl (C=O) groups is 3. The monoisotopic (exact) mass is 422 g/mol. The number of benzene rings is 2. The number of hydrogen-bond acceptors (Lipinski definition) is 5. The van der Waals surface area contributed by atoms with Crippen LogP contribution in [0.5, 0.6) is 11.5 Å². The molecule has 0 bridgehead atoms. The van der Waals surface area contributed by atoms with Gasteiger partial charge in [-0.1, -0.05) is 30.3 Å². The normalized spacial score (nSPS) is 16.9. The summed E-state index contributed by atoms with van der Waals surface area (Å²) in [6, 6.07) is 14.7. The molecule has 0 saturated carbocycles. The molecule has 1 fully saturated rings. The molecular formula is C24H26N2O5. The van der Waals surface area contributed by atoms with Crippen molar-refractivity contribution in [2.45, 2.75) is 38.3 Å². The second kappa shape index (κ2) is 8.79. The average molecular weight is 422 g/mol. The molecule has 7 nitrogen and oxygen atoms in total. The first-order valence-corrected chi connectivity index (χ1v) is 10.5. The quantitative estimate of drug-likeness (QED) is 0.801. The highest BCUT2D eigenvalue weighted by molar-refractivity contribution is 6.00. The summed E-state index contributed by atoms with van der Waals surface area (Å²) in [6.07, 6.45) is 1.54. The van der Waals surface area contributed by atoms with Crippen LogP contribution >= 0.6 is 0 Å². The molecule has 0 atom stereocenters. The number of likely N-dealkylation sites (tertiary alicyclic amines) is 1. The van der Waals surface area contributed by atoms with Crippen LogP contribution in [0.15, 0.2) is 48.5 Å². The van der Waals surface area contributed by atoms with E-state index in [1.165, 1.54) is 0 Å². The fraction of sp³-hybridized carbons (Fsp3) is 0.375. The summed E-state index contributed by atoms with van der Waals surface area (Å²) in [5.41, 5.74) is 0.958. The third-order valence-electron chi connectivity index (χ3n) is 5.89. The molecule has 31 heavy (non-hydrogen) atoms. The highest BCUT2D eigenvalue weighted by Crippen LogP contribution is 2.40. The van der Waals surface area contributed by atoms with E-state index >= 15 is 0 Å². The number of nitrogens with zero attached hydrogens (tertiary/aromatic N) is 1. The summed E-state index contributed by atoms with van der Waals surface area (Å²) in [5.74, 6) is 0.796. The first-order valence-electron chi connectivity index (χ1n) is 10.5. The van der Waals surface area contributed by atoms with Crippen LogP contribution in [-0.4, -0.2) is 47.8 Å². The van der Waals surface area contributed by atoms with Crippen LogP contribution in [0.2, 0.25) is 0 Å². The largest absolute Gasteiger partial charge is 0.486 e. The number of Topliss-reactive ketones (excluding diaryl/α,β-unsaturated/α-hetero) is 1. The summed E-state index contributed by atoms with van der Waals surface area (Å²) >= 11 is 0. The molecule has 0 radical (unpaired) electrons. The van der Waals surface area contributed by atoms with Gasteiger partial charge in [0.1, 0.15) is 17.1 Å². The molecule has 1 saturated heterocycles. The number of carbonyl (C=O) groups excluding carboxylic acids is 3. The smallest absolute Gasteiger partial charge is 0.258 e. The minimum atomic E-state index is -0.582. The molecule has 2 aromatic carbocycles. The first kappa shape index (κ1) is 20.9. The van der Waals surface area contributed by atoms with E-state index in [9.17, 15) is 14.4 Å². The third-order valence-corrected chi connectivity index (χ3v) is 5.89. The Morgan fingerprint density at radius 3 is 2.58 bits per heavy atom. The van der Waals surface area contributed by atoms with Crippen molar-refractivity contribution in [2.24, 2.45) is 0 Å². The van der Waals surface area contributed by atoms with Gasteiger partial charge in [0, 0.05) is 45.5 Å². The summed E-state index contributed by atoms with van der Waals surface area (Å²) in [5, 5.41) is 2.82. The van der Waals surface area contributed by atoms with Gasteiger partial charge in [0.15, 0.2) is 12.4 Å². The van der Waals surface area contributed by atoms with Crippen LogP contribution in [0.4, 0.5) is 0 Å². The maximum atomic E-state index is 12.7. The fourth-order valence-electron chi connectivity index (χ4n) is 4.07. The van der Waals surface area contributed by atoms with Crippen molar-refractivity contribution in [1.29, 1.82) is 0 Å². The van der Waals surface area contributed by atoms with Crippen LogP contribution in [-0.2, 0) is 16.1 Å². The molecule has 0 unspecified atom stereocenters. The lowest BCUT2D eigenvalue weighted by Gasteiger charge is -2.43. The number of rotatable bonds is 5. The molecule has 0 aromatic heterocycles. The van der Waals surface area contributed by atoms with Crippen molar-refractivity contribution in [3.05, 3.63) is 59.7 Å². The highest BCUT2D eigenvalue weighted by Gasteiger charge is 2.43. The molecule has 2 amide bonds. The van der Waals surface area contributed by atoms with Gasteiger partial charge < -0.3 is 19.7 Å². The van der Waals surface area contributed by atoms with Gasteiger partial charge in [0.05, 0.1) is 12.0 Å². The Morgan fingerprint density at radius 1 is 1.13 bits per heavy atom. The molecule has 2 aromatic rings. The Hall–Kier alpha value is -3.35. The Bertz CT molecular complexity index is 981. The predicted octanol–water partition coefficient (Wildman–Crippen LogP) is 2.73. The van der Waals surface area contributed by atoms with E-state index in [-0.39, 0.29) is 24.2 Å². The lowest BCUT2D eigenvalue weighted by molar-refractivity contribution is -0.132. The van der Waals surface area contributed by atoms with E-state index < -0.39 is 5.60 Å². The van der Waals surface area contributed by atoms with Crippen molar-refractivity contribution in [1.82, 2.24) is 10.2 Å². The summed E-state index contributed by atoms with van der Waals surface area (Å²) in [6.45, 7) is 3.02. The molecule has 0 aliphatic carbocycles. The van der Waals surface area contributed by atoms with Crippen molar-refractivity contribution in [2.75, 3.05) is 19.7 Å². The van der Waals surface area contributed by atoms with Crippen LogP contribution in [0, 0.1) is 0 Å². The lowest BCUT2D eigenvalue weighted by Crippen LogP contribution is -2.51. The topological polar surface area (TPSA) is 84.9 Å². The molecule has 162 valence electrons. The maximum Gasteiger partial charge on any atom is 0.258 e. The van der Waals surface area contributed by atoms with E-state index in [1.807, 2.05) is 30.3 Å². The maximum absolute atomic E-state index is 12.7. The zero-order valence-electron chi connectivity index (χ0n) is 17.6. The Balaban J connectivity index is 1.36. The molecule has 2 aliphatic rings. The first-order chi connectivity index (χ1) is 14.9. The summed E-state index contributed by atoms with van der Waals surface area (Å²) < 4.78 is 11.9. The van der Waals surface area contributed by atoms with Gasteiger partial charge in [0.25, 0.3) is 5.91 Å². The van der Waals surface area contributed by atoms with Gasteiger partial charge in [-0.3, -0.25) is 14.4 Å². The van der Waals surface area contributed by atoms with Gasteiger partial charge in [-0.2, -0.15) is 0 Å². The van der Waals surface area contributed by atoms with Crippen molar-refractivity contribution in [3.8, 4) is 11.5 Å². The fourth-order valence-corrected chi connectivity index (χ4v) is 4.07.